The molecule has 1 aliphatic carbocycles. The number of tetrazole rings is 1. The first-order valence-electron chi connectivity index (χ1n) is 9.06. The van der Waals surface area contributed by atoms with E-state index in [0.717, 1.165) is 34.5 Å². The van der Waals surface area contributed by atoms with Gasteiger partial charge in [0.25, 0.3) is 0 Å². The van der Waals surface area contributed by atoms with Gasteiger partial charge in [-0.1, -0.05) is 31.0 Å². The largest absolute Gasteiger partial charge is 0.423 e. The van der Waals surface area contributed by atoms with Crippen LogP contribution in [-0.4, -0.2) is 20.2 Å². The molecule has 6 nitrogen and oxygen atoms in total. The summed E-state index contributed by atoms with van der Waals surface area (Å²) < 4.78 is 7.35. The quantitative estimate of drug-likeness (QED) is 0.506. The number of fused-ring (bicyclic) bond motifs is 1. The Balaban J connectivity index is 1.62. The molecule has 2 aromatic heterocycles. The minimum Gasteiger partial charge on any atom is -0.423 e. The molecule has 2 heterocycles. The van der Waals surface area contributed by atoms with Gasteiger partial charge in [-0.15, -0.1) is 5.10 Å². The predicted molar refractivity (Wildman–Crippen MR) is 101 cm³/mol. The molecule has 0 unspecified atom stereocenters. The number of thioether (sulfide) groups is 1. The summed E-state index contributed by atoms with van der Waals surface area (Å²) >= 11 is 1.58. The molecule has 4 rings (SSSR count). The fourth-order valence-electron chi connectivity index (χ4n) is 3.58. The minimum atomic E-state index is -0.316. The topological polar surface area (TPSA) is 73.8 Å². The highest BCUT2D eigenvalue weighted by Gasteiger charge is 2.20. The number of aromatic nitrogens is 4. The van der Waals surface area contributed by atoms with Crippen molar-refractivity contribution in [3.63, 3.8) is 0 Å². The van der Waals surface area contributed by atoms with Crippen molar-refractivity contribution in [3.8, 4) is 0 Å². The van der Waals surface area contributed by atoms with E-state index in [4.69, 9.17) is 4.42 Å². The Kier molecular flexibility index (Phi) is 4.80. The summed E-state index contributed by atoms with van der Waals surface area (Å²) in [4.78, 5) is 12.0. The number of aryl methyl sites for hydroxylation is 2. The Morgan fingerprint density at radius 1 is 1.15 bits per heavy atom. The van der Waals surface area contributed by atoms with Crippen molar-refractivity contribution in [1.29, 1.82) is 0 Å². The maximum Gasteiger partial charge on any atom is 0.336 e. The Labute approximate surface area is 156 Å². The maximum absolute atomic E-state index is 12.0. The second kappa shape index (κ2) is 7.23. The Bertz CT molecular complexity index is 989. The molecule has 0 saturated heterocycles. The summed E-state index contributed by atoms with van der Waals surface area (Å²) in [5, 5.41) is 14.1. The van der Waals surface area contributed by atoms with E-state index < -0.39 is 0 Å². The van der Waals surface area contributed by atoms with Crippen LogP contribution in [0.2, 0.25) is 0 Å². The Hall–Kier alpha value is -2.15. The molecule has 3 aromatic rings. The van der Waals surface area contributed by atoms with E-state index in [1.54, 1.807) is 17.8 Å². The average molecular weight is 370 g/mol. The third-order valence-corrected chi connectivity index (χ3v) is 6.17. The lowest BCUT2D eigenvalue weighted by Gasteiger charge is -2.22. The van der Waals surface area contributed by atoms with Crippen LogP contribution >= 0.6 is 11.8 Å². The molecule has 1 saturated carbocycles. The predicted octanol–water partition coefficient (Wildman–Crippen LogP) is 4.19. The third-order valence-electron chi connectivity index (χ3n) is 5.18. The summed E-state index contributed by atoms with van der Waals surface area (Å²) in [6, 6.07) is 6.00. The first kappa shape index (κ1) is 17.3. The number of hydrogen-bond donors (Lipinski definition) is 0. The standard InChI is InChI=1S/C19H22N4O2S/c1-12-8-16-14(10-18(24)25-17(16)9-13(12)2)11-26-19-20-21-22-23(19)15-6-4-3-5-7-15/h8-10,15H,3-7,11H2,1-2H3. The number of benzene rings is 1. The van der Waals surface area contributed by atoms with Gasteiger partial charge in [0, 0.05) is 17.2 Å². The van der Waals surface area contributed by atoms with Crippen molar-refractivity contribution >= 4 is 22.7 Å². The van der Waals surface area contributed by atoms with E-state index in [1.807, 2.05) is 17.7 Å². The second-order valence-corrected chi connectivity index (χ2v) is 7.95. The monoisotopic (exact) mass is 370 g/mol. The van der Waals surface area contributed by atoms with Gasteiger partial charge < -0.3 is 4.42 Å². The smallest absolute Gasteiger partial charge is 0.336 e. The SMILES string of the molecule is Cc1cc2oc(=O)cc(CSc3nnnn3C3CCCCC3)c2cc1C. The van der Waals surface area contributed by atoms with E-state index in [0.29, 0.717) is 17.4 Å². The molecule has 1 aromatic carbocycles. The number of rotatable bonds is 4. The van der Waals surface area contributed by atoms with Gasteiger partial charge in [-0.05, 0) is 65.9 Å². The van der Waals surface area contributed by atoms with Gasteiger partial charge in [0.2, 0.25) is 5.16 Å². The molecule has 0 spiro atoms. The van der Waals surface area contributed by atoms with Crippen LogP contribution in [0.3, 0.4) is 0 Å². The third kappa shape index (κ3) is 3.40. The highest BCUT2D eigenvalue weighted by atomic mass is 32.2. The van der Waals surface area contributed by atoms with Gasteiger partial charge in [-0.3, -0.25) is 0 Å². The van der Waals surface area contributed by atoms with Gasteiger partial charge in [0.1, 0.15) is 5.58 Å². The molecular weight excluding hydrogens is 348 g/mol. The molecule has 0 atom stereocenters. The van der Waals surface area contributed by atoms with E-state index in [-0.39, 0.29) is 5.63 Å². The van der Waals surface area contributed by atoms with Gasteiger partial charge in [0.15, 0.2) is 0 Å². The highest BCUT2D eigenvalue weighted by Crippen LogP contribution is 2.32. The lowest BCUT2D eigenvalue weighted by Crippen LogP contribution is -2.15. The van der Waals surface area contributed by atoms with Crippen molar-refractivity contribution in [2.75, 3.05) is 0 Å². The zero-order valence-corrected chi connectivity index (χ0v) is 15.9. The summed E-state index contributed by atoms with van der Waals surface area (Å²) in [6.45, 7) is 4.09. The minimum absolute atomic E-state index is 0.316. The van der Waals surface area contributed by atoms with Crippen molar-refractivity contribution in [2.24, 2.45) is 0 Å². The molecule has 1 aliphatic rings. The summed E-state index contributed by atoms with van der Waals surface area (Å²) in [7, 11) is 0. The van der Waals surface area contributed by atoms with E-state index >= 15 is 0 Å². The van der Waals surface area contributed by atoms with E-state index in [1.165, 1.54) is 24.8 Å². The maximum atomic E-state index is 12.0. The van der Waals surface area contributed by atoms with Gasteiger partial charge in [-0.2, -0.15) is 0 Å². The molecule has 0 radical (unpaired) electrons. The molecule has 7 heteroatoms. The van der Waals surface area contributed by atoms with Crippen molar-refractivity contribution in [1.82, 2.24) is 20.2 Å². The lowest BCUT2D eigenvalue weighted by atomic mass is 9.96. The van der Waals surface area contributed by atoms with Crippen molar-refractivity contribution in [3.05, 3.63) is 45.3 Å². The fraction of sp³-hybridized carbons (Fsp3) is 0.474. The molecule has 0 bridgehead atoms. The second-order valence-electron chi connectivity index (χ2n) is 7.01. The summed E-state index contributed by atoms with van der Waals surface area (Å²) in [5.41, 5.74) is 3.59. The molecule has 0 aliphatic heterocycles. The first-order valence-corrected chi connectivity index (χ1v) is 10.0. The molecule has 0 amide bonds. The van der Waals surface area contributed by atoms with Crippen LogP contribution in [0.15, 0.2) is 32.6 Å². The van der Waals surface area contributed by atoms with Crippen LogP contribution in [0.4, 0.5) is 0 Å². The van der Waals surface area contributed by atoms with Crippen LogP contribution in [-0.2, 0) is 5.75 Å². The lowest BCUT2D eigenvalue weighted by molar-refractivity contribution is 0.307. The number of nitrogens with zero attached hydrogens (tertiary/aromatic N) is 4. The van der Waals surface area contributed by atoms with Crippen LogP contribution < -0.4 is 5.63 Å². The average Bonchev–Trinajstić information content (AvgIpc) is 3.10. The van der Waals surface area contributed by atoms with Crippen molar-refractivity contribution in [2.45, 2.75) is 62.9 Å². The Morgan fingerprint density at radius 2 is 1.92 bits per heavy atom. The molecule has 26 heavy (non-hydrogen) atoms. The molecule has 0 N–H and O–H groups in total. The van der Waals surface area contributed by atoms with Gasteiger partial charge >= 0.3 is 5.63 Å². The Morgan fingerprint density at radius 3 is 2.73 bits per heavy atom. The van der Waals surface area contributed by atoms with Crippen LogP contribution in [0.1, 0.15) is 54.8 Å². The van der Waals surface area contributed by atoms with Crippen LogP contribution in [0.25, 0.3) is 11.0 Å². The first-order chi connectivity index (χ1) is 12.6. The zero-order valence-electron chi connectivity index (χ0n) is 15.1. The summed E-state index contributed by atoms with van der Waals surface area (Å²) in [5.74, 6) is 0.637. The normalized spacial score (nSPS) is 15.6. The van der Waals surface area contributed by atoms with Gasteiger partial charge in [0.05, 0.1) is 6.04 Å². The highest BCUT2D eigenvalue weighted by molar-refractivity contribution is 7.98. The van der Waals surface area contributed by atoms with Crippen LogP contribution in [0.5, 0.6) is 0 Å². The number of hydrogen-bond acceptors (Lipinski definition) is 6. The molecule has 1 fully saturated rings. The van der Waals surface area contributed by atoms with E-state index in [9.17, 15) is 4.79 Å². The summed E-state index contributed by atoms with van der Waals surface area (Å²) in [6.07, 6.45) is 6.03. The molecular formula is C19H22N4O2S. The fourth-order valence-corrected chi connectivity index (χ4v) is 4.52. The van der Waals surface area contributed by atoms with Crippen LogP contribution in [0, 0.1) is 13.8 Å². The van der Waals surface area contributed by atoms with Gasteiger partial charge in [-0.25, -0.2) is 9.48 Å². The van der Waals surface area contributed by atoms with Crippen molar-refractivity contribution < 1.29 is 4.42 Å². The zero-order chi connectivity index (χ0) is 18.1. The molecule has 136 valence electrons. The van der Waals surface area contributed by atoms with E-state index in [2.05, 4.69) is 28.5 Å².